The number of unbranched alkanes of at least 4 members (excludes halogenated alkanes) is 1. The van der Waals surface area contributed by atoms with Gasteiger partial charge < -0.3 is 26.6 Å². The number of hydrogen-bond donors (Lipinski definition) is 7. The first kappa shape index (κ1) is 25.6. The number of carbonyl (C=O) groups is 3. The number of rotatable bonds is 11. The molecule has 2 rings (SSSR count). The van der Waals surface area contributed by atoms with Gasteiger partial charge in [-0.25, -0.2) is 4.79 Å². The van der Waals surface area contributed by atoms with Gasteiger partial charge in [0, 0.05) is 21.8 Å². The minimum Gasteiger partial charge on any atom is -0.508 e. The average molecular weight is 478 g/mol. The van der Waals surface area contributed by atoms with Crippen molar-refractivity contribution in [3.63, 3.8) is 0 Å². The van der Waals surface area contributed by atoms with Crippen LogP contribution < -0.4 is 16.4 Å². The Morgan fingerprint density at radius 2 is 1.56 bits per heavy atom. The average Bonchev–Trinajstić information content (AvgIpc) is 2.73. The number of amides is 2. The van der Waals surface area contributed by atoms with Crippen LogP contribution in [0.5, 0.6) is 5.75 Å². The third-order valence-electron chi connectivity index (χ3n) is 4.72. The van der Waals surface area contributed by atoms with Crippen LogP contribution in [-0.2, 0) is 16.0 Å². The van der Waals surface area contributed by atoms with E-state index < -0.39 is 29.9 Å². The molecule has 0 bridgehead atoms. The van der Waals surface area contributed by atoms with Gasteiger partial charge in [0.05, 0.1) is 0 Å². The summed E-state index contributed by atoms with van der Waals surface area (Å²) in [6, 6.07) is 8.79. The normalized spacial score (nSPS) is 12.6. The zero-order chi connectivity index (χ0) is 23.7. The number of nitrogens with one attached hydrogen (secondary N) is 2. The van der Waals surface area contributed by atoms with E-state index in [0.717, 1.165) is 0 Å². The maximum Gasteiger partial charge on any atom is 0.326 e. The molecule has 2 aromatic carbocycles. The molecule has 2 amide bonds. The molecule has 0 radical (unpaired) electrons. The molecule has 32 heavy (non-hydrogen) atoms. The molecule has 0 fully saturated rings. The third-order valence-corrected chi connectivity index (χ3v) is 5.24. The van der Waals surface area contributed by atoms with E-state index in [9.17, 15) is 24.6 Å². The molecular formula is C22H27N3O5S2. The Labute approximate surface area is 197 Å². The second-order valence-electron chi connectivity index (χ2n) is 7.32. The summed E-state index contributed by atoms with van der Waals surface area (Å²) >= 11 is 8.48. The highest BCUT2D eigenvalue weighted by molar-refractivity contribution is 7.81. The Bertz CT molecular complexity index is 933. The van der Waals surface area contributed by atoms with E-state index in [2.05, 4.69) is 35.9 Å². The van der Waals surface area contributed by atoms with Crippen LogP contribution in [0.2, 0.25) is 0 Å². The zero-order valence-corrected chi connectivity index (χ0v) is 19.1. The van der Waals surface area contributed by atoms with Gasteiger partial charge in [-0.15, -0.1) is 25.3 Å². The highest BCUT2D eigenvalue weighted by Crippen LogP contribution is 2.17. The first-order chi connectivity index (χ1) is 15.2. The first-order valence-corrected chi connectivity index (χ1v) is 10.9. The molecule has 0 spiro atoms. The zero-order valence-electron chi connectivity index (χ0n) is 17.3. The highest BCUT2D eigenvalue weighted by atomic mass is 32.1. The Hall–Kier alpha value is -2.69. The smallest absolute Gasteiger partial charge is 0.326 e. The van der Waals surface area contributed by atoms with Crippen LogP contribution in [0.1, 0.15) is 35.2 Å². The molecule has 0 aliphatic rings. The molecule has 2 aromatic rings. The second kappa shape index (κ2) is 12.4. The lowest BCUT2D eigenvalue weighted by atomic mass is 10.0. The van der Waals surface area contributed by atoms with Crippen molar-refractivity contribution in [3.8, 4) is 5.75 Å². The number of aromatic hydroxyl groups is 1. The molecule has 0 saturated carbocycles. The van der Waals surface area contributed by atoms with Crippen molar-refractivity contribution in [1.29, 1.82) is 0 Å². The van der Waals surface area contributed by atoms with Gasteiger partial charge in [0.2, 0.25) is 5.91 Å². The lowest BCUT2D eigenvalue weighted by Gasteiger charge is -2.22. The van der Waals surface area contributed by atoms with E-state index in [-0.39, 0.29) is 24.2 Å². The van der Waals surface area contributed by atoms with Gasteiger partial charge in [-0.2, -0.15) is 0 Å². The fraction of sp³-hybridized carbons (Fsp3) is 0.318. The van der Waals surface area contributed by atoms with Gasteiger partial charge in [-0.1, -0.05) is 12.1 Å². The van der Waals surface area contributed by atoms with Gasteiger partial charge in [-0.05, 0) is 61.7 Å². The molecule has 0 saturated heterocycles. The molecule has 2 atom stereocenters. The van der Waals surface area contributed by atoms with Crippen LogP contribution in [0.15, 0.2) is 52.3 Å². The third kappa shape index (κ3) is 8.10. The SMILES string of the molecule is NCCCC[C@H](NC(=O)[C@H](Cc1ccc(O)cc1)NC(=O)c1cc(S)cc(S)c1)C(=O)O. The van der Waals surface area contributed by atoms with Crippen molar-refractivity contribution < 1.29 is 24.6 Å². The summed E-state index contributed by atoms with van der Waals surface area (Å²) in [4.78, 5) is 38.4. The summed E-state index contributed by atoms with van der Waals surface area (Å²) in [7, 11) is 0. The number of phenolic OH excluding ortho intramolecular Hbond substituents is 1. The standard InChI is InChI=1S/C22H27N3O5S2/c23-8-2-1-3-18(22(29)30)24-21(28)19(9-13-4-6-15(26)7-5-13)25-20(27)14-10-16(31)12-17(32)11-14/h4-7,10-12,18-19,26,31-32H,1-3,8-9,23H2,(H,24,28)(H,25,27)(H,29,30)/t18-,19-/m0/s1. The lowest BCUT2D eigenvalue weighted by Crippen LogP contribution is -2.52. The molecule has 0 heterocycles. The van der Waals surface area contributed by atoms with Crippen LogP contribution in [-0.4, -0.2) is 46.6 Å². The van der Waals surface area contributed by atoms with Crippen molar-refractivity contribution >= 4 is 43.0 Å². The first-order valence-electron chi connectivity index (χ1n) is 10.0. The molecule has 0 aliphatic heterocycles. The van der Waals surface area contributed by atoms with E-state index in [1.807, 2.05) is 0 Å². The Kier molecular flexibility index (Phi) is 9.89. The van der Waals surface area contributed by atoms with Crippen molar-refractivity contribution in [2.45, 2.75) is 47.6 Å². The van der Waals surface area contributed by atoms with Crippen LogP contribution in [0.25, 0.3) is 0 Å². The maximum absolute atomic E-state index is 13.0. The van der Waals surface area contributed by atoms with E-state index in [1.165, 1.54) is 12.1 Å². The number of carboxylic acids is 1. The molecule has 8 nitrogen and oxygen atoms in total. The molecule has 10 heteroatoms. The van der Waals surface area contributed by atoms with E-state index in [1.54, 1.807) is 30.3 Å². The maximum atomic E-state index is 13.0. The van der Waals surface area contributed by atoms with Gasteiger partial charge in [0.15, 0.2) is 0 Å². The largest absolute Gasteiger partial charge is 0.508 e. The summed E-state index contributed by atoms with van der Waals surface area (Å²) < 4.78 is 0. The predicted octanol–water partition coefficient (Wildman–Crippen LogP) is 2.01. The van der Waals surface area contributed by atoms with E-state index in [4.69, 9.17) is 5.73 Å². The van der Waals surface area contributed by atoms with Gasteiger partial charge in [0.25, 0.3) is 5.91 Å². The highest BCUT2D eigenvalue weighted by Gasteiger charge is 2.27. The Morgan fingerprint density at radius 3 is 2.12 bits per heavy atom. The fourth-order valence-corrected chi connectivity index (χ4v) is 3.73. The molecule has 0 aromatic heterocycles. The molecule has 0 unspecified atom stereocenters. The predicted molar refractivity (Wildman–Crippen MR) is 126 cm³/mol. The topological polar surface area (TPSA) is 142 Å². The number of thiol groups is 2. The number of nitrogens with two attached hydrogens (primary N) is 1. The van der Waals surface area contributed by atoms with Crippen LogP contribution in [0.4, 0.5) is 0 Å². The van der Waals surface area contributed by atoms with Crippen molar-refractivity contribution in [2.24, 2.45) is 5.73 Å². The van der Waals surface area contributed by atoms with Crippen LogP contribution in [0, 0.1) is 0 Å². The number of aliphatic carboxylic acids is 1. The van der Waals surface area contributed by atoms with Gasteiger partial charge in [-0.3, -0.25) is 9.59 Å². The summed E-state index contributed by atoms with van der Waals surface area (Å²) in [5.74, 6) is -2.24. The molecular weight excluding hydrogens is 450 g/mol. The van der Waals surface area contributed by atoms with Crippen LogP contribution in [0.3, 0.4) is 0 Å². The number of carbonyl (C=O) groups excluding carboxylic acids is 2. The van der Waals surface area contributed by atoms with Crippen molar-refractivity contribution in [2.75, 3.05) is 6.54 Å². The Balaban J connectivity index is 2.21. The number of benzene rings is 2. The number of hydrogen-bond acceptors (Lipinski definition) is 7. The van der Waals surface area contributed by atoms with Crippen LogP contribution >= 0.6 is 25.3 Å². The van der Waals surface area contributed by atoms with Crippen molar-refractivity contribution in [3.05, 3.63) is 53.6 Å². The molecule has 0 aliphatic carbocycles. The molecule has 172 valence electrons. The van der Waals surface area contributed by atoms with Gasteiger partial charge >= 0.3 is 5.97 Å². The fourth-order valence-electron chi connectivity index (χ4n) is 3.07. The number of phenols is 1. The minimum absolute atomic E-state index is 0.0662. The number of carboxylic acid groups (broad SMARTS) is 1. The van der Waals surface area contributed by atoms with E-state index >= 15 is 0 Å². The summed E-state index contributed by atoms with van der Waals surface area (Å²) in [5.41, 5.74) is 6.40. The lowest BCUT2D eigenvalue weighted by molar-refractivity contribution is -0.142. The summed E-state index contributed by atoms with van der Waals surface area (Å²) in [6.45, 7) is 0.428. The summed E-state index contributed by atoms with van der Waals surface area (Å²) in [5, 5.41) is 24.1. The Morgan fingerprint density at radius 1 is 0.938 bits per heavy atom. The van der Waals surface area contributed by atoms with E-state index in [0.29, 0.717) is 34.7 Å². The van der Waals surface area contributed by atoms with Gasteiger partial charge in [0.1, 0.15) is 17.8 Å². The monoisotopic (exact) mass is 477 g/mol. The van der Waals surface area contributed by atoms with Crippen molar-refractivity contribution in [1.82, 2.24) is 10.6 Å². The summed E-state index contributed by atoms with van der Waals surface area (Å²) in [6.07, 6.45) is 1.51. The minimum atomic E-state index is -1.16. The molecule has 6 N–H and O–H groups in total. The quantitative estimate of drug-likeness (QED) is 0.195. The second-order valence-corrected chi connectivity index (χ2v) is 8.35.